The first-order valence-electron chi connectivity index (χ1n) is 7.13. The van der Waals surface area contributed by atoms with Gasteiger partial charge >= 0.3 is 0 Å². The molecule has 0 spiro atoms. The van der Waals surface area contributed by atoms with Crippen LogP contribution < -0.4 is 0 Å². The quantitative estimate of drug-likeness (QED) is 0.803. The van der Waals surface area contributed by atoms with Crippen molar-refractivity contribution in [2.75, 3.05) is 19.8 Å². The summed E-state index contributed by atoms with van der Waals surface area (Å²) in [4.78, 5) is 27.0. The Labute approximate surface area is 136 Å². The highest BCUT2D eigenvalue weighted by molar-refractivity contribution is 7.12. The van der Waals surface area contributed by atoms with Gasteiger partial charge < -0.3 is 14.1 Å². The van der Waals surface area contributed by atoms with Crippen LogP contribution in [0, 0.1) is 11.3 Å². The summed E-state index contributed by atoms with van der Waals surface area (Å²) in [6.07, 6.45) is 1.60. The summed E-state index contributed by atoms with van der Waals surface area (Å²) in [6.45, 7) is 1.18. The van der Waals surface area contributed by atoms with E-state index in [1.165, 1.54) is 17.6 Å². The van der Waals surface area contributed by atoms with E-state index in [1.54, 1.807) is 28.5 Å². The largest absolute Gasteiger partial charge is 0.461 e. The van der Waals surface area contributed by atoms with E-state index in [0.29, 0.717) is 30.2 Å². The number of Topliss-reactive ketones (excluding diaryl/α,β-unsaturated/α-hetero) is 1. The molecule has 0 radical (unpaired) electrons. The lowest BCUT2D eigenvalue weighted by atomic mass is 10.1. The highest BCUT2D eigenvalue weighted by Gasteiger charge is 2.31. The van der Waals surface area contributed by atoms with Crippen LogP contribution in [0.25, 0.3) is 0 Å². The number of carbonyl (C=O) groups is 2. The van der Waals surface area contributed by atoms with Gasteiger partial charge in [0.2, 0.25) is 0 Å². The lowest BCUT2D eigenvalue weighted by Gasteiger charge is -2.34. The normalized spacial score (nSPS) is 17.7. The third-order valence-corrected chi connectivity index (χ3v) is 4.56. The minimum Gasteiger partial charge on any atom is -0.461 e. The van der Waals surface area contributed by atoms with Crippen LogP contribution in [0.2, 0.25) is 0 Å². The molecule has 7 heteroatoms. The molecule has 1 aliphatic heterocycles. The van der Waals surface area contributed by atoms with Crippen LogP contribution in [0.3, 0.4) is 0 Å². The molecule has 2 aromatic heterocycles. The van der Waals surface area contributed by atoms with Gasteiger partial charge in [0, 0.05) is 18.3 Å². The average molecular weight is 330 g/mol. The van der Waals surface area contributed by atoms with Crippen molar-refractivity contribution >= 4 is 23.0 Å². The predicted octanol–water partition coefficient (Wildman–Crippen LogP) is 2.33. The molecule has 2 aromatic rings. The van der Waals surface area contributed by atoms with Crippen LogP contribution in [0.1, 0.15) is 32.2 Å². The Bertz CT molecular complexity index is 744. The van der Waals surface area contributed by atoms with E-state index in [4.69, 9.17) is 14.4 Å². The third-order valence-electron chi connectivity index (χ3n) is 3.64. The Morgan fingerprint density at radius 3 is 3.04 bits per heavy atom. The molecule has 0 bridgehead atoms. The van der Waals surface area contributed by atoms with E-state index in [1.807, 2.05) is 6.07 Å². The van der Waals surface area contributed by atoms with E-state index in [-0.39, 0.29) is 29.9 Å². The van der Waals surface area contributed by atoms with Gasteiger partial charge in [0.15, 0.2) is 11.5 Å². The number of rotatable bonds is 4. The molecule has 1 atom stereocenters. The molecule has 23 heavy (non-hydrogen) atoms. The molecule has 1 amide bonds. The molecule has 3 rings (SSSR count). The first-order chi connectivity index (χ1) is 11.2. The summed E-state index contributed by atoms with van der Waals surface area (Å²) in [5.74, 6) is -0.0462. The van der Waals surface area contributed by atoms with E-state index in [9.17, 15) is 9.59 Å². The summed E-state index contributed by atoms with van der Waals surface area (Å²) in [5.41, 5.74) is 0.467. The maximum absolute atomic E-state index is 12.6. The van der Waals surface area contributed by atoms with E-state index < -0.39 is 0 Å². The monoisotopic (exact) mass is 330 g/mol. The topological polar surface area (TPSA) is 83.5 Å². The van der Waals surface area contributed by atoms with Crippen LogP contribution in [0.5, 0.6) is 0 Å². The van der Waals surface area contributed by atoms with Gasteiger partial charge in [-0.1, -0.05) is 0 Å². The van der Waals surface area contributed by atoms with Gasteiger partial charge in [-0.2, -0.15) is 5.26 Å². The smallest absolute Gasteiger partial charge is 0.264 e. The van der Waals surface area contributed by atoms with Gasteiger partial charge in [-0.25, -0.2) is 0 Å². The lowest BCUT2D eigenvalue weighted by molar-refractivity contribution is -0.00278. The van der Waals surface area contributed by atoms with Crippen LogP contribution >= 0.6 is 11.3 Å². The van der Waals surface area contributed by atoms with Crippen molar-refractivity contribution in [1.29, 1.82) is 5.26 Å². The standard InChI is InChI=1S/C16H14N2O4S/c17-8-11-6-15(23-10-11)16(20)18-3-5-21-9-12(18)7-13(19)14-2-1-4-22-14/h1-2,4,6,10,12H,3,5,7,9H2. The number of thiophene rings is 1. The molecule has 118 valence electrons. The minimum atomic E-state index is -0.332. The number of ether oxygens (including phenoxy) is 1. The summed E-state index contributed by atoms with van der Waals surface area (Å²) >= 11 is 1.24. The van der Waals surface area contributed by atoms with Gasteiger partial charge in [0.05, 0.1) is 36.0 Å². The Hall–Kier alpha value is -2.43. The van der Waals surface area contributed by atoms with Crippen molar-refractivity contribution in [3.8, 4) is 6.07 Å². The van der Waals surface area contributed by atoms with Gasteiger partial charge in [-0.15, -0.1) is 11.3 Å². The van der Waals surface area contributed by atoms with E-state index in [2.05, 4.69) is 0 Å². The van der Waals surface area contributed by atoms with Crippen LogP contribution in [-0.4, -0.2) is 42.4 Å². The zero-order chi connectivity index (χ0) is 16.2. The Kier molecular flexibility index (Phi) is 4.55. The molecule has 0 N–H and O–H groups in total. The maximum Gasteiger partial charge on any atom is 0.264 e. The van der Waals surface area contributed by atoms with Gasteiger partial charge in [0.1, 0.15) is 6.07 Å². The fourth-order valence-electron chi connectivity index (χ4n) is 2.49. The number of hydrogen-bond donors (Lipinski definition) is 0. The number of furan rings is 1. The molecule has 0 aromatic carbocycles. The first-order valence-corrected chi connectivity index (χ1v) is 8.01. The zero-order valence-electron chi connectivity index (χ0n) is 12.2. The second-order valence-electron chi connectivity index (χ2n) is 5.14. The van der Waals surface area contributed by atoms with Gasteiger partial charge in [-0.05, 0) is 18.2 Å². The second kappa shape index (κ2) is 6.77. The molecule has 3 heterocycles. The average Bonchev–Trinajstić information content (AvgIpc) is 3.26. The summed E-state index contributed by atoms with van der Waals surface area (Å²) in [7, 11) is 0. The number of nitrogens with zero attached hydrogens (tertiary/aromatic N) is 2. The molecule has 0 aliphatic carbocycles. The Morgan fingerprint density at radius 1 is 1.48 bits per heavy atom. The fraction of sp³-hybridized carbons (Fsp3) is 0.312. The first kappa shape index (κ1) is 15.5. The Balaban J connectivity index is 1.74. The van der Waals surface area contributed by atoms with Crippen molar-refractivity contribution in [2.24, 2.45) is 0 Å². The predicted molar refractivity (Wildman–Crippen MR) is 82.3 cm³/mol. The molecule has 1 aliphatic rings. The lowest BCUT2D eigenvalue weighted by Crippen LogP contribution is -2.49. The fourth-order valence-corrected chi connectivity index (χ4v) is 3.28. The molecule has 1 unspecified atom stereocenters. The third kappa shape index (κ3) is 3.33. The molecule has 0 saturated carbocycles. The van der Waals surface area contributed by atoms with Crippen molar-refractivity contribution in [3.05, 3.63) is 46.0 Å². The molecule has 1 saturated heterocycles. The van der Waals surface area contributed by atoms with Gasteiger partial charge in [0.25, 0.3) is 5.91 Å². The van der Waals surface area contributed by atoms with Crippen molar-refractivity contribution in [2.45, 2.75) is 12.5 Å². The molecule has 1 fully saturated rings. The highest BCUT2D eigenvalue weighted by Crippen LogP contribution is 2.21. The number of amides is 1. The number of hydrogen-bond acceptors (Lipinski definition) is 6. The summed E-state index contributed by atoms with van der Waals surface area (Å²) < 4.78 is 10.5. The second-order valence-corrected chi connectivity index (χ2v) is 6.05. The minimum absolute atomic E-state index is 0.149. The number of nitriles is 1. The maximum atomic E-state index is 12.6. The summed E-state index contributed by atoms with van der Waals surface area (Å²) in [5, 5.41) is 10.5. The van der Waals surface area contributed by atoms with Crippen LogP contribution in [0.4, 0.5) is 0 Å². The van der Waals surface area contributed by atoms with Crippen molar-refractivity contribution in [1.82, 2.24) is 4.90 Å². The van der Waals surface area contributed by atoms with Crippen LogP contribution in [-0.2, 0) is 4.74 Å². The number of morpholine rings is 1. The zero-order valence-corrected chi connectivity index (χ0v) is 13.0. The Morgan fingerprint density at radius 2 is 2.35 bits per heavy atom. The highest BCUT2D eigenvalue weighted by atomic mass is 32.1. The number of ketones is 1. The summed E-state index contributed by atoms with van der Waals surface area (Å²) in [6, 6.07) is 6.52. The van der Waals surface area contributed by atoms with Crippen molar-refractivity contribution in [3.63, 3.8) is 0 Å². The van der Waals surface area contributed by atoms with E-state index in [0.717, 1.165) is 0 Å². The molecular formula is C16H14N2O4S. The van der Waals surface area contributed by atoms with Crippen molar-refractivity contribution < 1.29 is 18.7 Å². The van der Waals surface area contributed by atoms with E-state index >= 15 is 0 Å². The molecule has 6 nitrogen and oxygen atoms in total. The van der Waals surface area contributed by atoms with Crippen LogP contribution in [0.15, 0.2) is 34.3 Å². The molecular weight excluding hydrogens is 316 g/mol. The number of carbonyl (C=O) groups excluding carboxylic acids is 2. The SMILES string of the molecule is N#Cc1csc(C(=O)N2CCOCC2CC(=O)c2ccco2)c1. The van der Waals surface area contributed by atoms with Gasteiger partial charge in [-0.3, -0.25) is 9.59 Å².